The van der Waals surface area contributed by atoms with E-state index in [9.17, 15) is 4.79 Å². The maximum Gasteiger partial charge on any atom is 0.309 e. The van der Waals surface area contributed by atoms with Gasteiger partial charge in [-0.05, 0) is 37.0 Å². The van der Waals surface area contributed by atoms with Crippen LogP contribution in [-0.4, -0.2) is 23.0 Å². The number of rotatable bonds is 6. The first-order valence-corrected chi connectivity index (χ1v) is 8.98. The summed E-state index contributed by atoms with van der Waals surface area (Å²) in [5.41, 5.74) is 2.95. The van der Waals surface area contributed by atoms with E-state index in [1.165, 1.54) is 32.8 Å². The van der Waals surface area contributed by atoms with Crippen LogP contribution in [0.4, 0.5) is 11.5 Å². The number of methoxy groups -OCH3 is 1. The fraction of sp³-hybridized carbons (Fsp3) is 0.450. The molecule has 0 spiro atoms. The zero-order valence-corrected chi connectivity index (χ0v) is 14.9. The average Bonchev–Trinajstić information content (AvgIpc) is 3.17. The molecule has 1 heterocycles. The van der Waals surface area contributed by atoms with E-state index in [-0.39, 0.29) is 12.4 Å². The van der Waals surface area contributed by atoms with Crippen molar-refractivity contribution in [2.45, 2.75) is 51.4 Å². The van der Waals surface area contributed by atoms with Gasteiger partial charge in [-0.1, -0.05) is 31.9 Å². The molecule has 25 heavy (non-hydrogen) atoms. The van der Waals surface area contributed by atoms with Crippen LogP contribution in [0.5, 0.6) is 0 Å². The fourth-order valence-corrected chi connectivity index (χ4v) is 3.22. The molecule has 1 aromatic carbocycles. The lowest BCUT2D eigenvalue weighted by atomic mass is 10.1. The number of aryl methyl sites for hydroxylation is 1. The van der Waals surface area contributed by atoms with Crippen molar-refractivity contribution in [3.8, 4) is 0 Å². The van der Waals surface area contributed by atoms with Gasteiger partial charge in [0.05, 0.1) is 13.5 Å². The highest BCUT2D eigenvalue weighted by atomic mass is 16.5. The molecule has 1 aliphatic carbocycles. The Morgan fingerprint density at radius 2 is 1.92 bits per heavy atom. The first-order chi connectivity index (χ1) is 12.2. The molecule has 0 radical (unpaired) electrons. The van der Waals surface area contributed by atoms with E-state index < -0.39 is 0 Å². The topological polar surface area (TPSA) is 64.1 Å². The van der Waals surface area contributed by atoms with Gasteiger partial charge in [-0.2, -0.15) is 0 Å². The summed E-state index contributed by atoms with van der Waals surface area (Å²) < 4.78 is 4.70. The van der Waals surface area contributed by atoms with Crippen LogP contribution in [0.3, 0.4) is 0 Å². The van der Waals surface area contributed by atoms with E-state index in [1.54, 1.807) is 0 Å². The molecule has 1 aliphatic rings. The Hall–Kier alpha value is -2.43. The largest absolute Gasteiger partial charge is 0.469 e. The molecule has 0 bridgehead atoms. The van der Waals surface area contributed by atoms with Gasteiger partial charge in [0, 0.05) is 23.4 Å². The standard InChI is InChI=1S/C20H25N3O2/c1-3-16-13-18(23-20(22-16)15-6-4-5-7-15)21-17-10-8-14(9-11-17)12-19(24)25-2/h8-11,13,15H,3-7,12H2,1-2H3,(H,21,22,23). The number of carbonyl (C=O) groups excluding carboxylic acids is 1. The number of nitrogens with zero attached hydrogens (tertiary/aromatic N) is 2. The quantitative estimate of drug-likeness (QED) is 0.801. The lowest BCUT2D eigenvalue weighted by Gasteiger charge is -2.13. The molecule has 1 fully saturated rings. The molecule has 5 nitrogen and oxygen atoms in total. The zero-order chi connectivity index (χ0) is 17.6. The smallest absolute Gasteiger partial charge is 0.309 e. The predicted molar refractivity (Wildman–Crippen MR) is 98.1 cm³/mol. The monoisotopic (exact) mass is 339 g/mol. The van der Waals surface area contributed by atoms with Gasteiger partial charge in [0.15, 0.2) is 0 Å². The molecule has 5 heteroatoms. The fourth-order valence-electron chi connectivity index (χ4n) is 3.22. The minimum absolute atomic E-state index is 0.231. The van der Waals surface area contributed by atoms with Crippen LogP contribution >= 0.6 is 0 Å². The lowest BCUT2D eigenvalue weighted by molar-refractivity contribution is -0.139. The van der Waals surface area contributed by atoms with Crippen molar-refractivity contribution >= 4 is 17.5 Å². The van der Waals surface area contributed by atoms with Gasteiger partial charge in [-0.25, -0.2) is 9.97 Å². The van der Waals surface area contributed by atoms with E-state index in [4.69, 9.17) is 14.7 Å². The second-order valence-electron chi connectivity index (χ2n) is 6.51. The normalized spacial score (nSPS) is 14.5. The highest BCUT2D eigenvalue weighted by Crippen LogP contribution is 2.33. The van der Waals surface area contributed by atoms with Crippen LogP contribution in [0.15, 0.2) is 30.3 Å². The van der Waals surface area contributed by atoms with Crippen molar-refractivity contribution in [3.63, 3.8) is 0 Å². The number of aromatic nitrogens is 2. The van der Waals surface area contributed by atoms with Crippen molar-refractivity contribution in [3.05, 3.63) is 47.4 Å². The van der Waals surface area contributed by atoms with Gasteiger partial charge >= 0.3 is 5.97 Å². The molecular weight excluding hydrogens is 314 g/mol. The molecule has 0 unspecified atom stereocenters. The third-order valence-electron chi connectivity index (χ3n) is 4.68. The number of hydrogen-bond acceptors (Lipinski definition) is 5. The van der Waals surface area contributed by atoms with Crippen LogP contribution in [0, 0.1) is 0 Å². The van der Waals surface area contributed by atoms with Crippen molar-refractivity contribution in [1.82, 2.24) is 9.97 Å². The van der Waals surface area contributed by atoms with Crippen molar-refractivity contribution in [1.29, 1.82) is 0 Å². The number of esters is 1. The van der Waals surface area contributed by atoms with Crippen molar-refractivity contribution in [2.75, 3.05) is 12.4 Å². The third-order valence-corrected chi connectivity index (χ3v) is 4.68. The average molecular weight is 339 g/mol. The summed E-state index contributed by atoms with van der Waals surface area (Å²) in [4.78, 5) is 20.8. The van der Waals surface area contributed by atoms with Crippen LogP contribution in [0.2, 0.25) is 0 Å². The minimum atomic E-state index is -0.231. The Kier molecular flexibility index (Phi) is 5.64. The Balaban J connectivity index is 1.75. The number of ether oxygens (including phenoxy) is 1. The first-order valence-electron chi connectivity index (χ1n) is 8.98. The molecule has 1 saturated carbocycles. The van der Waals surface area contributed by atoms with Crippen LogP contribution in [0.25, 0.3) is 0 Å². The Morgan fingerprint density at radius 3 is 2.56 bits per heavy atom. The number of nitrogens with one attached hydrogen (secondary N) is 1. The Morgan fingerprint density at radius 1 is 1.20 bits per heavy atom. The van der Waals surface area contributed by atoms with Gasteiger partial charge in [0.25, 0.3) is 0 Å². The molecule has 0 aliphatic heterocycles. The SMILES string of the molecule is CCc1cc(Nc2ccc(CC(=O)OC)cc2)nc(C2CCCC2)n1. The summed E-state index contributed by atoms with van der Waals surface area (Å²) >= 11 is 0. The maximum absolute atomic E-state index is 11.3. The van der Waals surface area contributed by atoms with Gasteiger partial charge in [-0.3, -0.25) is 4.79 Å². The number of hydrogen-bond donors (Lipinski definition) is 1. The summed E-state index contributed by atoms with van der Waals surface area (Å²) in [7, 11) is 1.40. The second-order valence-corrected chi connectivity index (χ2v) is 6.51. The number of benzene rings is 1. The summed E-state index contributed by atoms with van der Waals surface area (Å²) in [5, 5.41) is 3.37. The molecule has 2 aromatic rings. The Labute approximate surface area is 148 Å². The summed E-state index contributed by atoms with van der Waals surface area (Å²) in [6.07, 6.45) is 6.11. The predicted octanol–water partition coefficient (Wildman–Crippen LogP) is 4.16. The van der Waals surface area contributed by atoms with E-state index in [2.05, 4.69) is 12.2 Å². The van der Waals surface area contributed by atoms with Crippen LogP contribution < -0.4 is 5.32 Å². The molecular formula is C20H25N3O2. The van der Waals surface area contributed by atoms with Gasteiger partial charge in [-0.15, -0.1) is 0 Å². The third kappa shape index (κ3) is 4.56. The first kappa shape index (κ1) is 17.4. The van der Waals surface area contributed by atoms with Gasteiger partial charge < -0.3 is 10.1 Å². The molecule has 1 N–H and O–H groups in total. The minimum Gasteiger partial charge on any atom is -0.469 e. The summed E-state index contributed by atoms with van der Waals surface area (Å²) in [6, 6.07) is 9.79. The van der Waals surface area contributed by atoms with E-state index in [1.807, 2.05) is 30.3 Å². The van der Waals surface area contributed by atoms with Crippen molar-refractivity contribution < 1.29 is 9.53 Å². The molecule has 0 saturated heterocycles. The second kappa shape index (κ2) is 8.10. The molecule has 0 amide bonds. The van der Waals surface area contributed by atoms with E-state index >= 15 is 0 Å². The molecule has 1 aromatic heterocycles. The Bertz CT molecular complexity index is 722. The molecule has 3 rings (SSSR count). The highest BCUT2D eigenvalue weighted by Gasteiger charge is 2.20. The van der Waals surface area contributed by atoms with Gasteiger partial charge in [0.1, 0.15) is 11.6 Å². The zero-order valence-electron chi connectivity index (χ0n) is 14.9. The highest BCUT2D eigenvalue weighted by molar-refractivity contribution is 5.72. The molecule has 0 atom stereocenters. The number of carbonyl (C=O) groups is 1. The summed E-state index contributed by atoms with van der Waals surface area (Å²) in [6.45, 7) is 2.12. The summed E-state index contributed by atoms with van der Waals surface area (Å²) in [5.74, 6) is 2.08. The lowest BCUT2D eigenvalue weighted by Crippen LogP contribution is -2.07. The van der Waals surface area contributed by atoms with Gasteiger partial charge in [0.2, 0.25) is 0 Å². The van der Waals surface area contributed by atoms with Crippen LogP contribution in [0.1, 0.15) is 55.6 Å². The van der Waals surface area contributed by atoms with E-state index in [0.29, 0.717) is 5.92 Å². The molecule has 132 valence electrons. The van der Waals surface area contributed by atoms with Crippen molar-refractivity contribution in [2.24, 2.45) is 0 Å². The van der Waals surface area contributed by atoms with Crippen LogP contribution in [-0.2, 0) is 22.4 Å². The maximum atomic E-state index is 11.3. The number of anilines is 2. The van der Waals surface area contributed by atoms with E-state index in [0.717, 1.165) is 35.0 Å².